The summed E-state index contributed by atoms with van der Waals surface area (Å²) in [5.41, 5.74) is 0.798. The molecule has 0 bridgehead atoms. The van der Waals surface area contributed by atoms with Crippen molar-refractivity contribution >= 4 is 5.91 Å². The van der Waals surface area contributed by atoms with Gasteiger partial charge in [0, 0.05) is 12.1 Å². The third-order valence-corrected chi connectivity index (χ3v) is 1.32. The van der Waals surface area contributed by atoms with Gasteiger partial charge in [-0.1, -0.05) is 27.4 Å². The van der Waals surface area contributed by atoms with Crippen LogP contribution in [0.2, 0.25) is 0 Å². The van der Waals surface area contributed by atoms with Crippen molar-refractivity contribution in [3.8, 4) is 0 Å². The molecule has 0 saturated heterocycles. The van der Waals surface area contributed by atoms with E-state index in [9.17, 15) is 4.79 Å². The summed E-state index contributed by atoms with van der Waals surface area (Å²) in [4.78, 5) is 10.8. The van der Waals surface area contributed by atoms with Crippen LogP contribution < -0.4 is 5.32 Å². The minimum atomic E-state index is 0.0405. The summed E-state index contributed by atoms with van der Waals surface area (Å²) >= 11 is 0. The SMILES string of the molecule is C=C(NC(=O)CC)C(C)C. The largest absolute Gasteiger partial charge is 0.330 e. The molecule has 0 aromatic heterocycles. The first-order valence-electron chi connectivity index (χ1n) is 3.56. The van der Waals surface area contributed by atoms with E-state index < -0.39 is 0 Å². The Bertz CT molecular complexity index is 138. The third-order valence-electron chi connectivity index (χ3n) is 1.32. The van der Waals surface area contributed by atoms with Crippen molar-refractivity contribution in [3.63, 3.8) is 0 Å². The minimum absolute atomic E-state index is 0.0405. The van der Waals surface area contributed by atoms with Crippen LogP contribution in [0.3, 0.4) is 0 Å². The molecule has 2 nitrogen and oxygen atoms in total. The van der Waals surface area contributed by atoms with E-state index in [4.69, 9.17) is 0 Å². The Kier molecular flexibility index (Phi) is 3.77. The number of hydrogen-bond donors (Lipinski definition) is 1. The predicted molar refractivity (Wildman–Crippen MR) is 42.4 cm³/mol. The predicted octanol–water partition coefficient (Wildman–Crippen LogP) is 1.68. The van der Waals surface area contributed by atoms with E-state index in [0.717, 1.165) is 5.70 Å². The summed E-state index contributed by atoms with van der Waals surface area (Å²) in [6, 6.07) is 0. The number of amides is 1. The fourth-order valence-corrected chi connectivity index (χ4v) is 0.412. The van der Waals surface area contributed by atoms with E-state index in [1.54, 1.807) is 0 Å². The van der Waals surface area contributed by atoms with Crippen LogP contribution in [0.4, 0.5) is 0 Å². The standard InChI is InChI=1S/C8H15NO/c1-5-8(10)9-7(4)6(2)3/h6H,4-5H2,1-3H3,(H,9,10). The molecule has 1 amide bonds. The van der Waals surface area contributed by atoms with Crippen molar-refractivity contribution < 1.29 is 4.79 Å². The van der Waals surface area contributed by atoms with Crippen molar-refractivity contribution in [2.45, 2.75) is 27.2 Å². The lowest BCUT2D eigenvalue weighted by Gasteiger charge is -2.09. The van der Waals surface area contributed by atoms with Crippen LogP contribution in [0, 0.1) is 5.92 Å². The topological polar surface area (TPSA) is 29.1 Å². The second-order valence-electron chi connectivity index (χ2n) is 2.58. The summed E-state index contributed by atoms with van der Waals surface area (Å²) in [6.07, 6.45) is 0.520. The first-order valence-corrected chi connectivity index (χ1v) is 3.56. The average Bonchev–Trinajstić information content (AvgIpc) is 1.87. The first kappa shape index (κ1) is 9.21. The molecular weight excluding hydrogens is 126 g/mol. The van der Waals surface area contributed by atoms with Crippen LogP contribution >= 0.6 is 0 Å². The van der Waals surface area contributed by atoms with E-state index in [2.05, 4.69) is 11.9 Å². The lowest BCUT2D eigenvalue weighted by atomic mass is 10.1. The summed E-state index contributed by atoms with van der Waals surface area (Å²) in [5.74, 6) is 0.370. The molecule has 0 rings (SSSR count). The van der Waals surface area contributed by atoms with Gasteiger partial charge in [0.25, 0.3) is 0 Å². The van der Waals surface area contributed by atoms with Gasteiger partial charge in [0.05, 0.1) is 0 Å². The number of carbonyl (C=O) groups excluding carboxylic acids is 1. The van der Waals surface area contributed by atoms with Gasteiger partial charge >= 0.3 is 0 Å². The van der Waals surface area contributed by atoms with Crippen molar-refractivity contribution in [2.24, 2.45) is 5.92 Å². The smallest absolute Gasteiger partial charge is 0.223 e. The van der Waals surface area contributed by atoms with Gasteiger partial charge in [0.1, 0.15) is 0 Å². The number of hydrogen-bond acceptors (Lipinski definition) is 1. The van der Waals surface area contributed by atoms with Crippen molar-refractivity contribution in [2.75, 3.05) is 0 Å². The fourth-order valence-electron chi connectivity index (χ4n) is 0.412. The molecule has 0 aliphatic carbocycles. The van der Waals surface area contributed by atoms with Gasteiger partial charge in [-0.3, -0.25) is 4.79 Å². The minimum Gasteiger partial charge on any atom is -0.330 e. The molecule has 10 heavy (non-hydrogen) atoms. The maximum Gasteiger partial charge on any atom is 0.223 e. The lowest BCUT2D eigenvalue weighted by molar-refractivity contribution is -0.120. The quantitative estimate of drug-likeness (QED) is 0.636. The van der Waals surface area contributed by atoms with Crippen molar-refractivity contribution in [3.05, 3.63) is 12.3 Å². The molecule has 0 atom stereocenters. The number of rotatable bonds is 3. The number of nitrogens with one attached hydrogen (secondary N) is 1. The Labute approximate surface area is 62.3 Å². The summed E-state index contributed by atoms with van der Waals surface area (Å²) in [7, 11) is 0. The Morgan fingerprint density at radius 2 is 2.10 bits per heavy atom. The fraction of sp³-hybridized carbons (Fsp3) is 0.625. The first-order chi connectivity index (χ1) is 4.57. The van der Waals surface area contributed by atoms with Gasteiger partial charge in [-0.2, -0.15) is 0 Å². The molecule has 0 aromatic rings. The zero-order valence-corrected chi connectivity index (χ0v) is 6.90. The van der Waals surface area contributed by atoms with Crippen LogP contribution in [0.5, 0.6) is 0 Å². The molecule has 0 aliphatic rings. The Morgan fingerprint density at radius 1 is 1.60 bits per heavy atom. The van der Waals surface area contributed by atoms with Gasteiger partial charge in [-0.15, -0.1) is 0 Å². The zero-order chi connectivity index (χ0) is 8.15. The highest BCUT2D eigenvalue weighted by Crippen LogP contribution is 2.01. The molecule has 0 unspecified atom stereocenters. The second kappa shape index (κ2) is 4.09. The molecule has 1 N–H and O–H groups in total. The van der Waals surface area contributed by atoms with Gasteiger partial charge in [-0.05, 0) is 5.92 Å². The molecule has 0 aliphatic heterocycles. The third kappa shape index (κ3) is 3.28. The van der Waals surface area contributed by atoms with Crippen LogP contribution in [0.1, 0.15) is 27.2 Å². The summed E-state index contributed by atoms with van der Waals surface area (Å²) in [6.45, 7) is 9.53. The summed E-state index contributed by atoms with van der Waals surface area (Å²) in [5, 5.41) is 2.70. The molecule has 2 heteroatoms. The second-order valence-corrected chi connectivity index (χ2v) is 2.58. The molecule has 0 saturated carbocycles. The molecule has 0 aromatic carbocycles. The van der Waals surface area contributed by atoms with Crippen molar-refractivity contribution in [1.29, 1.82) is 0 Å². The van der Waals surface area contributed by atoms with Crippen LogP contribution in [0.15, 0.2) is 12.3 Å². The maximum absolute atomic E-state index is 10.8. The normalized spacial score (nSPS) is 9.60. The van der Waals surface area contributed by atoms with Crippen LogP contribution in [-0.4, -0.2) is 5.91 Å². The number of carbonyl (C=O) groups is 1. The van der Waals surface area contributed by atoms with Crippen LogP contribution in [0.25, 0.3) is 0 Å². The summed E-state index contributed by atoms with van der Waals surface area (Å²) < 4.78 is 0. The van der Waals surface area contributed by atoms with Gasteiger partial charge in [0.15, 0.2) is 0 Å². The molecule has 0 radical (unpaired) electrons. The monoisotopic (exact) mass is 141 g/mol. The van der Waals surface area contributed by atoms with E-state index in [1.165, 1.54) is 0 Å². The van der Waals surface area contributed by atoms with E-state index in [1.807, 2.05) is 20.8 Å². The maximum atomic E-state index is 10.8. The highest BCUT2D eigenvalue weighted by Gasteiger charge is 2.02. The average molecular weight is 141 g/mol. The van der Waals surface area contributed by atoms with E-state index >= 15 is 0 Å². The van der Waals surface area contributed by atoms with E-state index in [0.29, 0.717) is 12.3 Å². The molecule has 58 valence electrons. The molecular formula is C8H15NO. The highest BCUT2D eigenvalue weighted by atomic mass is 16.1. The van der Waals surface area contributed by atoms with Crippen molar-refractivity contribution in [1.82, 2.24) is 5.32 Å². The lowest BCUT2D eigenvalue weighted by Crippen LogP contribution is -2.23. The van der Waals surface area contributed by atoms with Gasteiger partial charge in [-0.25, -0.2) is 0 Å². The molecule has 0 fully saturated rings. The molecule has 0 heterocycles. The van der Waals surface area contributed by atoms with Gasteiger partial charge in [0.2, 0.25) is 5.91 Å². The Balaban J connectivity index is 3.69. The zero-order valence-electron chi connectivity index (χ0n) is 6.90. The highest BCUT2D eigenvalue weighted by molar-refractivity contribution is 5.77. The van der Waals surface area contributed by atoms with Gasteiger partial charge < -0.3 is 5.32 Å². The number of allylic oxidation sites excluding steroid dienone is 1. The van der Waals surface area contributed by atoms with Crippen LogP contribution in [-0.2, 0) is 4.79 Å². The Morgan fingerprint density at radius 3 is 2.40 bits per heavy atom. The molecule has 0 spiro atoms. The Hall–Kier alpha value is -0.790. The van der Waals surface area contributed by atoms with E-state index in [-0.39, 0.29) is 5.91 Å².